The lowest BCUT2D eigenvalue weighted by Crippen LogP contribution is -2.34. The molecule has 1 fully saturated rings. The smallest absolute Gasteiger partial charge is 0.152 e. The number of benzene rings is 1. The van der Waals surface area contributed by atoms with E-state index >= 15 is 0 Å². The average molecular weight is 298 g/mol. The van der Waals surface area contributed by atoms with Crippen LogP contribution in [0.25, 0.3) is 0 Å². The molecule has 0 bridgehead atoms. The van der Waals surface area contributed by atoms with E-state index in [9.17, 15) is 8.42 Å². The van der Waals surface area contributed by atoms with Gasteiger partial charge in [-0.15, -0.1) is 0 Å². The Bertz CT molecular complexity index is 528. The van der Waals surface area contributed by atoms with Gasteiger partial charge in [-0.05, 0) is 37.1 Å². The molecule has 1 atom stereocenters. The van der Waals surface area contributed by atoms with Gasteiger partial charge in [0.2, 0.25) is 0 Å². The summed E-state index contributed by atoms with van der Waals surface area (Å²) >= 11 is 0. The molecule has 20 heavy (non-hydrogen) atoms. The first-order valence-electron chi connectivity index (χ1n) is 6.89. The van der Waals surface area contributed by atoms with E-state index in [1.807, 2.05) is 36.2 Å². The highest BCUT2D eigenvalue weighted by molar-refractivity contribution is 7.91. The van der Waals surface area contributed by atoms with Crippen molar-refractivity contribution in [3.05, 3.63) is 24.3 Å². The Balaban J connectivity index is 1.97. The highest BCUT2D eigenvalue weighted by atomic mass is 32.2. The normalized spacial score (nSPS) is 21.4. The Morgan fingerprint density at radius 1 is 1.35 bits per heavy atom. The molecule has 1 aromatic carbocycles. The van der Waals surface area contributed by atoms with Crippen molar-refractivity contribution < 1.29 is 13.5 Å². The van der Waals surface area contributed by atoms with Gasteiger partial charge in [0.1, 0.15) is 0 Å². The zero-order chi connectivity index (χ0) is 14.6. The summed E-state index contributed by atoms with van der Waals surface area (Å²) in [5.74, 6) is 0.537. The SMILES string of the molecule is CN(CCO)c1ccc(NC2CCCS(=O)(=O)C2)cc1. The number of hydrogen-bond acceptors (Lipinski definition) is 5. The maximum Gasteiger partial charge on any atom is 0.152 e. The molecule has 112 valence electrons. The summed E-state index contributed by atoms with van der Waals surface area (Å²) in [6.45, 7) is 0.712. The first-order chi connectivity index (χ1) is 9.50. The zero-order valence-electron chi connectivity index (χ0n) is 11.7. The molecular weight excluding hydrogens is 276 g/mol. The second-order valence-corrected chi connectivity index (χ2v) is 7.52. The van der Waals surface area contributed by atoms with Crippen LogP contribution in [0.4, 0.5) is 11.4 Å². The predicted molar refractivity (Wildman–Crippen MR) is 82.1 cm³/mol. The van der Waals surface area contributed by atoms with Crippen LogP contribution in [0.2, 0.25) is 0 Å². The fourth-order valence-electron chi connectivity index (χ4n) is 2.46. The summed E-state index contributed by atoms with van der Waals surface area (Å²) in [7, 11) is -0.956. The number of nitrogens with one attached hydrogen (secondary N) is 1. The van der Waals surface area contributed by atoms with Gasteiger partial charge >= 0.3 is 0 Å². The molecule has 1 aromatic rings. The lowest BCUT2D eigenvalue weighted by molar-refractivity contribution is 0.304. The van der Waals surface area contributed by atoms with Crippen molar-refractivity contribution in [2.24, 2.45) is 0 Å². The Morgan fingerprint density at radius 2 is 2.05 bits per heavy atom. The Morgan fingerprint density at radius 3 is 2.65 bits per heavy atom. The quantitative estimate of drug-likeness (QED) is 0.852. The van der Waals surface area contributed by atoms with Crippen LogP contribution >= 0.6 is 0 Å². The molecule has 5 nitrogen and oxygen atoms in total. The summed E-state index contributed by atoms with van der Waals surface area (Å²) in [5, 5.41) is 12.2. The Hall–Kier alpha value is -1.27. The number of hydrogen-bond donors (Lipinski definition) is 2. The van der Waals surface area contributed by atoms with E-state index in [2.05, 4.69) is 5.32 Å². The summed E-state index contributed by atoms with van der Waals surface area (Å²) < 4.78 is 23.2. The lowest BCUT2D eigenvalue weighted by atomic mass is 10.1. The molecule has 1 aliphatic heterocycles. The van der Waals surface area contributed by atoms with Gasteiger partial charge in [-0.3, -0.25) is 0 Å². The van der Waals surface area contributed by atoms with Crippen molar-refractivity contribution in [3.63, 3.8) is 0 Å². The molecule has 0 aliphatic carbocycles. The molecule has 1 saturated heterocycles. The molecule has 0 radical (unpaired) electrons. The topological polar surface area (TPSA) is 69.6 Å². The van der Waals surface area contributed by atoms with Gasteiger partial charge in [0.05, 0.1) is 18.1 Å². The minimum absolute atomic E-state index is 0.00905. The number of anilines is 2. The lowest BCUT2D eigenvalue weighted by Gasteiger charge is -2.24. The standard InChI is InChI=1S/C14H22N2O3S/c1-16(8-9-17)14-6-4-12(5-7-14)15-13-3-2-10-20(18,19)11-13/h4-7,13,15,17H,2-3,8-11H2,1H3. The van der Waals surface area contributed by atoms with Gasteiger partial charge in [-0.25, -0.2) is 8.42 Å². The molecule has 1 heterocycles. The molecule has 1 unspecified atom stereocenters. The highest BCUT2D eigenvalue weighted by Crippen LogP contribution is 2.20. The molecule has 0 spiro atoms. The number of nitrogens with zero attached hydrogens (tertiary/aromatic N) is 1. The Labute approximate surface area is 120 Å². The maximum atomic E-state index is 11.6. The van der Waals surface area contributed by atoms with Crippen LogP contribution in [0.15, 0.2) is 24.3 Å². The number of sulfone groups is 1. The third-order valence-corrected chi connectivity index (χ3v) is 5.40. The van der Waals surface area contributed by atoms with E-state index in [4.69, 9.17) is 5.11 Å². The van der Waals surface area contributed by atoms with Crippen molar-refractivity contribution in [3.8, 4) is 0 Å². The maximum absolute atomic E-state index is 11.6. The first-order valence-corrected chi connectivity index (χ1v) is 8.71. The third-order valence-electron chi connectivity index (χ3n) is 3.58. The molecule has 0 amide bonds. The molecule has 0 saturated carbocycles. The van der Waals surface area contributed by atoms with Gasteiger partial charge in [-0.1, -0.05) is 0 Å². The molecule has 1 aliphatic rings. The van der Waals surface area contributed by atoms with Gasteiger partial charge < -0.3 is 15.3 Å². The van der Waals surface area contributed by atoms with E-state index in [1.54, 1.807) is 0 Å². The van der Waals surface area contributed by atoms with E-state index in [-0.39, 0.29) is 18.4 Å². The van der Waals surface area contributed by atoms with E-state index < -0.39 is 9.84 Å². The van der Waals surface area contributed by atoms with Crippen molar-refractivity contribution >= 4 is 21.2 Å². The highest BCUT2D eigenvalue weighted by Gasteiger charge is 2.24. The number of likely N-dealkylation sites (N-methyl/N-ethyl adjacent to an activating group) is 1. The van der Waals surface area contributed by atoms with Crippen molar-refractivity contribution in [1.82, 2.24) is 0 Å². The molecule has 0 aromatic heterocycles. The fraction of sp³-hybridized carbons (Fsp3) is 0.571. The summed E-state index contributed by atoms with van der Waals surface area (Å²) in [4.78, 5) is 1.97. The predicted octanol–water partition coefficient (Wildman–Crippen LogP) is 1.10. The van der Waals surface area contributed by atoms with E-state index in [0.29, 0.717) is 12.3 Å². The molecule has 2 rings (SSSR count). The zero-order valence-corrected chi connectivity index (χ0v) is 12.6. The monoisotopic (exact) mass is 298 g/mol. The number of aliphatic hydroxyl groups is 1. The van der Waals surface area contributed by atoms with Crippen LogP contribution in [0.1, 0.15) is 12.8 Å². The second-order valence-electron chi connectivity index (χ2n) is 5.29. The minimum atomic E-state index is -2.88. The molecule has 2 N–H and O–H groups in total. The van der Waals surface area contributed by atoms with Gasteiger partial charge in [0, 0.05) is 31.0 Å². The third kappa shape index (κ3) is 4.11. The van der Waals surface area contributed by atoms with Crippen LogP contribution in [0, 0.1) is 0 Å². The number of aliphatic hydroxyl groups excluding tert-OH is 1. The van der Waals surface area contributed by atoms with E-state index in [1.165, 1.54) is 0 Å². The van der Waals surface area contributed by atoms with Gasteiger partial charge in [0.25, 0.3) is 0 Å². The van der Waals surface area contributed by atoms with Crippen LogP contribution in [-0.2, 0) is 9.84 Å². The van der Waals surface area contributed by atoms with Gasteiger partial charge in [0.15, 0.2) is 9.84 Å². The average Bonchev–Trinajstić information content (AvgIpc) is 2.38. The van der Waals surface area contributed by atoms with Crippen molar-refractivity contribution in [1.29, 1.82) is 0 Å². The molecule has 6 heteroatoms. The summed E-state index contributed by atoms with van der Waals surface area (Å²) in [5.41, 5.74) is 1.97. The van der Waals surface area contributed by atoms with E-state index in [0.717, 1.165) is 24.2 Å². The second kappa shape index (κ2) is 6.45. The van der Waals surface area contributed by atoms with Crippen LogP contribution < -0.4 is 10.2 Å². The van der Waals surface area contributed by atoms with Crippen molar-refractivity contribution in [2.75, 3.05) is 41.9 Å². The van der Waals surface area contributed by atoms with Crippen LogP contribution in [0.5, 0.6) is 0 Å². The largest absolute Gasteiger partial charge is 0.395 e. The van der Waals surface area contributed by atoms with Crippen LogP contribution in [-0.4, -0.2) is 51.3 Å². The minimum Gasteiger partial charge on any atom is -0.395 e. The summed E-state index contributed by atoms with van der Waals surface area (Å²) in [6.07, 6.45) is 1.63. The molecular formula is C14H22N2O3S. The summed E-state index contributed by atoms with van der Waals surface area (Å²) in [6, 6.07) is 7.84. The van der Waals surface area contributed by atoms with Gasteiger partial charge in [-0.2, -0.15) is 0 Å². The van der Waals surface area contributed by atoms with Crippen molar-refractivity contribution in [2.45, 2.75) is 18.9 Å². The van der Waals surface area contributed by atoms with Crippen LogP contribution in [0.3, 0.4) is 0 Å². The fourth-order valence-corrected chi connectivity index (χ4v) is 4.10. The first kappa shape index (κ1) is 15.1. The number of rotatable bonds is 5. The Kier molecular flexibility index (Phi) is 4.88.